The third-order valence-electron chi connectivity index (χ3n) is 1.99. The summed E-state index contributed by atoms with van der Waals surface area (Å²) in [6.07, 6.45) is 1.86. The van der Waals surface area contributed by atoms with Gasteiger partial charge in [-0.3, -0.25) is 4.98 Å². The van der Waals surface area contributed by atoms with E-state index in [4.69, 9.17) is 11.6 Å². The highest BCUT2D eigenvalue weighted by Gasteiger charge is 2.00. The van der Waals surface area contributed by atoms with Crippen molar-refractivity contribution in [1.82, 2.24) is 9.97 Å². The quantitative estimate of drug-likeness (QED) is 0.837. The second-order valence-corrected chi connectivity index (χ2v) is 4.45. The molecule has 0 spiro atoms. The van der Waals surface area contributed by atoms with Crippen molar-refractivity contribution in [2.75, 3.05) is 5.32 Å². The summed E-state index contributed by atoms with van der Waals surface area (Å²) in [7, 11) is 0. The lowest BCUT2D eigenvalue weighted by molar-refractivity contribution is 1.12. The minimum absolute atomic E-state index is 0.524. The van der Waals surface area contributed by atoms with Crippen LogP contribution < -0.4 is 5.32 Å². The van der Waals surface area contributed by atoms with Crippen molar-refractivity contribution in [3.63, 3.8) is 0 Å². The van der Waals surface area contributed by atoms with E-state index in [9.17, 15) is 0 Å². The van der Waals surface area contributed by atoms with Gasteiger partial charge in [-0.15, -0.1) is 11.3 Å². The van der Waals surface area contributed by atoms with Crippen LogP contribution in [0.5, 0.6) is 0 Å². The van der Waals surface area contributed by atoms with Gasteiger partial charge in [0.15, 0.2) is 0 Å². The predicted molar refractivity (Wildman–Crippen MR) is 63.4 cm³/mol. The Hall–Kier alpha value is -1.13. The maximum Gasteiger partial charge on any atom is 0.129 e. The van der Waals surface area contributed by atoms with E-state index in [0.717, 1.165) is 17.9 Å². The van der Waals surface area contributed by atoms with Gasteiger partial charge in [0.25, 0.3) is 0 Å². The molecule has 78 valence electrons. The molecular formula is C10H10ClN3S. The minimum atomic E-state index is 0.524. The first-order valence-corrected chi connectivity index (χ1v) is 5.76. The molecule has 0 unspecified atom stereocenters. The zero-order valence-corrected chi connectivity index (χ0v) is 9.77. The number of nitrogens with zero attached hydrogens (tertiary/aromatic N) is 2. The largest absolute Gasteiger partial charge is 0.379 e. The topological polar surface area (TPSA) is 37.8 Å². The molecule has 0 aliphatic heterocycles. The van der Waals surface area contributed by atoms with Crippen LogP contribution in [0.3, 0.4) is 0 Å². The van der Waals surface area contributed by atoms with Gasteiger partial charge >= 0.3 is 0 Å². The van der Waals surface area contributed by atoms with Crippen LogP contribution in [-0.2, 0) is 6.54 Å². The zero-order valence-electron chi connectivity index (χ0n) is 8.20. The Labute approximate surface area is 97.2 Å². The standard InChI is InChI=1S/C10H10ClN3S/c1-7-9(2-3-10(11)14-7)13-5-8-4-12-6-15-8/h2-4,6,13H,5H2,1H3. The average Bonchev–Trinajstić information content (AvgIpc) is 2.69. The molecule has 0 amide bonds. The molecule has 3 nitrogen and oxygen atoms in total. The van der Waals surface area contributed by atoms with Crippen molar-refractivity contribution in [3.8, 4) is 0 Å². The molecular weight excluding hydrogens is 230 g/mol. The van der Waals surface area contributed by atoms with Gasteiger partial charge in [-0.1, -0.05) is 11.6 Å². The molecule has 2 heterocycles. The lowest BCUT2D eigenvalue weighted by atomic mass is 10.3. The zero-order chi connectivity index (χ0) is 10.7. The Morgan fingerprint density at radius 3 is 3.00 bits per heavy atom. The van der Waals surface area contributed by atoms with Crippen LogP contribution in [0.4, 0.5) is 5.69 Å². The second kappa shape index (κ2) is 4.59. The van der Waals surface area contributed by atoms with Crippen LogP contribution in [0, 0.1) is 6.92 Å². The van der Waals surface area contributed by atoms with Gasteiger partial charge in [0.1, 0.15) is 5.15 Å². The summed E-state index contributed by atoms with van der Waals surface area (Å²) in [5, 5.41) is 3.82. The highest BCUT2D eigenvalue weighted by Crippen LogP contribution is 2.17. The van der Waals surface area contributed by atoms with Crippen LogP contribution >= 0.6 is 22.9 Å². The predicted octanol–water partition coefficient (Wildman–Crippen LogP) is 3.11. The molecule has 0 bridgehead atoms. The molecule has 2 aromatic heterocycles. The number of aromatic nitrogens is 2. The maximum atomic E-state index is 5.77. The van der Waals surface area contributed by atoms with Crippen LogP contribution in [0.25, 0.3) is 0 Å². The molecule has 1 N–H and O–H groups in total. The summed E-state index contributed by atoms with van der Waals surface area (Å²) in [6, 6.07) is 3.72. The average molecular weight is 240 g/mol. The van der Waals surface area contributed by atoms with Gasteiger partial charge in [0.05, 0.1) is 23.4 Å². The molecule has 5 heteroatoms. The summed E-state index contributed by atoms with van der Waals surface area (Å²) in [5.41, 5.74) is 3.74. The van der Waals surface area contributed by atoms with E-state index in [2.05, 4.69) is 15.3 Å². The summed E-state index contributed by atoms with van der Waals surface area (Å²) in [6.45, 7) is 2.70. The first kappa shape index (κ1) is 10.4. The van der Waals surface area contributed by atoms with Gasteiger partial charge in [0, 0.05) is 11.1 Å². The number of hydrogen-bond acceptors (Lipinski definition) is 4. The Balaban J connectivity index is 2.05. The molecule has 0 aliphatic rings. The van der Waals surface area contributed by atoms with Crippen LogP contribution in [0.1, 0.15) is 10.6 Å². The molecule has 15 heavy (non-hydrogen) atoms. The van der Waals surface area contributed by atoms with E-state index < -0.39 is 0 Å². The number of aryl methyl sites for hydroxylation is 1. The Morgan fingerprint density at radius 2 is 2.33 bits per heavy atom. The Morgan fingerprint density at radius 1 is 1.47 bits per heavy atom. The van der Waals surface area contributed by atoms with Crippen molar-refractivity contribution < 1.29 is 0 Å². The lowest BCUT2D eigenvalue weighted by Crippen LogP contribution is -2.00. The number of anilines is 1. The highest BCUT2D eigenvalue weighted by molar-refractivity contribution is 7.09. The third kappa shape index (κ3) is 2.67. The van der Waals surface area contributed by atoms with Gasteiger partial charge < -0.3 is 5.32 Å². The van der Waals surface area contributed by atoms with Crippen LogP contribution in [0.2, 0.25) is 5.15 Å². The fraction of sp³-hybridized carbons (Fsp3) is 0.200. The van der Waals surface area contributed by atoms with Gasteiger partial charge in [-0.25, -0.2) is 4.98 Å². The molecule has 2 rings (SSSR count). The lowest BCUT2D eigenvalue weighted by Gasteiger charge is -2.07. The number of thiazole rings is 1. The van der Waals surface area contributed by atoms with Gasteiger partial charge in [-0.2, -0.15) is 0 Å². The van der Waals surface area contributed by atoms with E-state index in [-0.39, 0.29) is 0 Å². The minimum Gasteiger partial charge on any atom is -0.379 e. The number of rotatable bonds is 3. The number of nitrogens with one attached hydrogen (secondary N) is 1. The molecule has 0 saturated heterocycles. The van der Waals surface area contributed by atoms with E-state index >= 15 is 0 Å². The van der Waals surface area contributed by atoms with E-state index in [0.29, 0.717) is 5.15 Å². The third-order valence-corrected chi connectivity index (χ3v) is 2.98. The molecule has 0 saturated carbocycles. The Bertz CT molecular complexity index is 442. The number of halogens is 1. The SMILES string of the molecule is Cc1nc(Cl)ccc1NCc1cncs1. The summed E-state index contributed by atoms with van der Waals surface area (Å²) in [4.78, 5) is 9.38. The maximum absolute atomic E-state index is 5.77. The second-order valence-electron chi connectivity index (χ2n) is 3.09. The van der Waals surface area contributed by atoms with Gasteiger partial charge in [0.2, 0.25) is 0 Å². The van der Waals surface area contributed by atoms with Crippen molar-refractivity contribution in [1.29, 1.82) is 0 Å². The molecule has 2 aromatic rings. The van der Waals surface area contributed by atoms with Crippen molar-refractivity contribution in [2.45, 2.75) is 13.5 Å². The molecule has 0 fully saturated rings. The molecule has 0 atom stereocenters. The fourth-order valence-corrected chi connectivity index (χ4v) is 1.95. The van der Waals surface area contributed by atoms with Crippen molar-refractivity contribution >= 4 is 28.6 Å². The van der Waals surface area contributed by atoms with E-state index in [1.165, 1.54) is 4.88 Å². The monoisotopic (exact) mass is 239 g/mol. The Kier molecular flexibility index (Phi) is 3.18. The van der Waals surface area contributed by atoms with Crippen molar-refractivity contribution in [2.24, 2.45) is 0 Å². The highest BCUT2D eigenvalue weighted by atomic mass is 35.5. The normalized spacial score (nSPS) is 10.3. The van der Waals surface area contributed by atoms with E-state index in [1.807, 2.05) is 24.7 Å². The van der Waals surface area contributed by atoms with Gasteiger partial charge in [-0.05, 0) is 19.1 Å². The number of pyridine rings is 1. The van der Waals surface area contributed by atoms with Crippen LogP contribution in [-0.4, -0.2) is 9.97 Å². The molecule has 0 aliphatic carbocycles. The molecule has 0 aromatic carbocycles. The summed E-state index contributed by atoms with van der Waals surface area (Å²) < 4.78 is 0. The van der Waals surface area contributed by atoms with Crippen LogP contribution in [0.15, 0.2) is 23.8 Å². The van der Waals surface area contributed by atoms with Crippen molar-refractivity contribution in [3.05, 3.63) is 39.6 Å². The van der Waals surface area contributed by atoms with E-state index in [1.54, 1.807) is 17.4 Å². The first-order chi connectivity index (χ1) is 7.25. The summed E-state index contributed by atoms with van der Waals surface area (Å²) >= 11 is 7.40. The summed E-state index contributed by atoms with van der Waals surface area (Å²) in [5.74, 6) is 0. The smallest absolute Gasteiger partial charge is 0.129 e. The fourth-order valence-electron chi connectivity index (χ4n) is 1.23. The first-order valence-electron chi connectivity index (χ1n) is 4.50. The molecule has 0 radical (unpaired) electrons. The number of hydrogen-bond donors (Lipinski definition) is 1.